The first-order valence-electron chi connectivity index (χ1n) is 10.2. The van der Waals surface area contributed by atoms with Gasteiger partial charge in [-0.3, -0.25) is 4.68 Å². The van der Waals surface area contributed by atoms with Gasteiger partial charge in [0.2, 0.25) is 10.0 Å². The van der Waals surface area contributed by atoms with Gasteiger partial charge in [0, 0.05) is 37.3 Å². The quantitative estimate of drug-likeness (QED) is 0.657. The summed E-state index contributed by atoms with van der Waals surface area (Å²) in [6.07, 6.45) is 1.26. The number of hydrogen-bond acceptors (Lipinski definition) is 7. The number of fused-ring (bicyclic) bond motifs is 1. The van der Waals surface area contributed by atoms with Gasteiger partial charge in [0.05, 0.1) is 41.4 Å². The van der Waals surface area contributed by atoms with Crippen LogP contribution in [-0.4, -0.2) is 62.7 Å². The first-order chi connectivity index (χ1) is 14.6. The van der Waals surface area contributed by atoms with Gasteiger partial charge in [-0.05, 0) is 32.4 Å². The molecule has 11 heteroatoms. The lowest BCUT2D eigenvalue weighted by atomic mass is 10.2. The SMILES string of the molecule is Cc1nn([C@H]2CCS(=O)(=O)C2)c(C)c1CN(C)S(=O)(=O)c1ccc2c(c1)OCCCO2. The Kier molecular flexibility index (Phi) is 5.78. The predicted octanol–water partition coefficient (Wildman–Crippen LogP) is 1.84. The number of hydrogen-bond donors (Lipinski definition) is 0. The van der Waals surface area contributed by atoms with Gasteiger partial charge in [-0.25, -0.2) is 16.8 Å². The van der Waals surface area contributed by atoms with Crippen molar-refractivity contribution < 1.29 is 26.3 Å². The topological polar surface area (TPSA) is 108 Å². The highest BCUT2D eigenvalue weighted by atomic mass is 32.2. The molecular formula is C20H27N3O6S2. The Morgan fingerprint density at radius 1 is 1.19 bits per heavy atom. The lowest BCUT2D eigenvalue weighted by molar-refractivity contribution is 0.297. The molecule has 0 amide bonds. The van der Waals surface area contributed by atoms with Crippen LogP contribution in [0.1, 0.15) is 35.8 Å². The maximum Gasteiger partial charge on any atom is 0.243 e. The fourth-order valence-electron chi connectivity index (χ4n) is 4.04. The van der Waals surface area contributed by atoms with E-state index in [1.54, 1.807) is 10.7 Å². The monoisotopic (exact) mass is 469 g/mol. The zero-order valence-corrected chi connectivity index (χ0v) is 19.5. The van der Waals surface area contributed by atoms with Crippen molar-refractivity contribution in [3.8, 4) is 11.5 Å². The molecule has 1 aromatic carbocycles. The summed E-state index contributed by atoms with van der Waals surface area (Å²) in [5.41, 5.74) is 2.27. The number of rotatable bonds is 5. The molecular weight excluding hydrogens is 442 g/mol. The van der Waals surface area contributed by atoms with E-state index in [9.17, 15) is 16.8 Å². The molecule has 9 nitrogen and oxygen atoms in total. The van der Waals surface area contributed by atoms with Crippen LogP contribution in [0, 0.1) is 13.8 Å². The van der Waals surface area contributed by atoms with Crippen LogP contribution in [0.25, 0.3) is 0 Å². The van der Waals surface area contributed by atoms with Crippen molar-refractivity contribution in [2.24, 2.45) is 0 Å². The zero-order chi connectivity index (χ0) is 22.4. The first-order valence-corrected chi connectivity index (χ1v) is 13.5. The smallest absolute Gasteiger partial charge is 0.243 e. The maximum atomic E-state index is 13.2. The van der Waals surface area contributed by atoms with Crippen molar-refractivity contribution in [3.63, 3.8) is 0 Å². The van der Waals surface area contributed by atoms with E-state index < -0.39 is 19.9 Å². The third-order valence-corrected chi connectivity index (χ3v) is 9.39. The molecule has 3 heterocycles. The third kappa shape index (κ3) is 4.31. The number of sulfonamides is 1. The van der Waals surface area contributed by atoms with E-state index in [0.29, 0.717) is 36.8 Å². The number of benzene rings is 1. The van der Waals surface area contributed by atoms with E-state index in [2.05, 4.69) is 5.10 Å². The van der Waals surface area contributed by atoms with E-state index in [1.807, 2.05) is 13.8 Å². The van der Waals surface area contributed by atoms with Gasteiger partial charge < -0.3 is 9.47 Å². The van der Waals surface area contributed by atoms with Crippen LogP contribution in [0.3, 0.4) is 0 Å². The van der Waals surface area contributed by atoms with Crippen LogP contribution < -0.4 is 9.47 Å². The van der Waals surface area contributed by atoms with E-state index in [1.165, 1.54) is 23.5 Å². The van der Waals surface area contributed by atoms with Crippen molar-refractivity contribution in [2.75, 3.05) is 31.8 Å². The molecule has 0 bridgehead atoms. The number of nitrogens with zero attached hydrogens (tertiary/aromatic N) is 3. The summed E-state index contributed by atoms with van der Waals surface area (Å²) in [6, 6.07) is 4.43. The molecule has 31 heavy (non-hydrogen) atoms. The van der Waals surface area contributed by atoms with E-state index in [-0.39, 0.29) is 29.0 Å². The minimum absolute atomic E-state index is 0.0692. The van der Waals surface area contributed by atoms with Crippen LogP contribution in [0.2, 0.25) is 0 Å². The van der Waals surface area contributed by atoms with Gasteiger partial charge in [-0.15, -0.1) is 0 Å². The molecule has 170 valence electrons. The van der Waals surface area contributed by atoms with Gasteiger partial charge in [0.1, 0.15) is 0 Å². The Balaban J connectivity index is 1.58. The molecule has 1 fully saturated rings. The van der Waals surface area contributed by atoms with Crippen molar-refractivity contribution in [1.82, 2.24) is 14.1 Å². The van der Waals surface area contributed by atoms with Crippen LogP contribution >= 0.6 is 0 Å². The van der Waals surface area contributed by atoms with Gasteiger partial charge >= 0.3 is 0 Å². The van der Waals surface area contributed by atoms with E-state index >= 15 is 0 Å². The molecule has 0 saturated carbocycles. The van der Waals surface area contributed by atoms with Crippen molar-refractivity contribution in [1.29, 1.82) is 0 Å². The highest BCUT2D eigenvalue weighted by Gasteiger charge is 2.32. The molecule has 2 aromatic rings. The summed E-state index contributed by atoms with van der Waals surface area (Å²) in [6.45, 7) is 4.81. The lowest BCUT2D eigenvalue weighted by Crippen LogP contribution is -2.27. The molecule has 0 radical (unpaired) electrons. The van der Waals surface area contributed by atoms with Gasteiger partial charge in [-0.2, -0.15) is 9.40 Å². The molecule has 0 spiro atoms. The van der Waals surface area contributed by atoms with Gasteiger partial charge in [-0.1, -0.05) is 0 Å². The van der Waals surface area contributed by atoms with E-state index in [4.69, 9.17) is 9.47 Å². The summed E-state index contributed by atoms with van der Waals surface area (Å²) in [7, 11) is -5.30. The third-order valence-electron chi connectivity index (χ3n) is 5.84. The molecule has 1 saturated heterocycles. The Bertz CT molecular complexity index is 1200. The normalized spacial score (nSPS) is 20.7. The predicted molar refractivity (Wildman–Crippen MR) is 115 cm³/mol. The second-order valence-corrected chi connectivity index (χ2v) is 12.3. The number of sulfone groups is 1. The molecule has 0 N–H and O–H groups in total. The van der Waals surface area contributed by atoms with Crippen molar-refractivity contribution >= 4 is 19.9 Å². The zero-order valence-electron chi connectivity index (χ0n) is 17.9. The second kappa shape index (κ2) is 8.10. The highest BCUT2D eigenvalue weighted by Crippen LogP contribution is 2.33. The molecule has 2 aliphatic rings. The number of aryl methyl sites for hydroxylation is 1. The summed E-state index contributed by atoms with van der Waals surface area (Å²) in [5, 5.41) is 4.53. The summed E-state index contributed by atoms with van der Waals surface area (Å²) < 4.78 is 64.3. The Morgan fingerprint density at radius 2 is 1.90 bits per heavy atom. The number of ether oxygens (including phenoxy) is 2. The summed E-state index contributed by atoms with van der Waals surface area (Å²) in [4.78, 5) is 0.129. The molecule has 1 aromatic heterocycles. The van der Waals surface area contributed by atoms with Crippen LogP contribution in [-0.2, 0) is 26.4 Å². The van der Waals surface area contributed by atoms with Crippen molar-refractivity contribution in [3.05, 3.63) is 35.2 Å². The van der Waals surface area contributed by atoms with Gasteiger partial charge in [0.15, 0.2) is 21.3 Å². The molecule has 1 atom stereocenters. The molecule has 4 rings (SSSR count). The largest absolute Gasteiger partial charge is 0.490 e. The Hall–Kier alpha value is -2.11. The fourth-order valence-corrected chi connectivity index (χ4v) is 6.89. The fraction of sp³-hybridized carbons (Fsp3) is 0.550. The summed E-state index contributed by atoms with van der Waals surface area (Å²) in [5.74, 6) is 1.19. The van der Waals surface area contributed by atoms with Gasteiger partial charge in [0.25, 0.3) is 0 Å². The van der Waals surface area contributed by atoms with Crippen molar-refractivity contribution in [2.45, 2.75) is 44.2 Å². The highest BCUT2D eigenvalue weighted by molar-refractivity contribution is 7.91. The Labute approximate surface area is 182 Å². The minimum atomic E-state index is -3.78. The van der Waals surface area contributed by atoms with Crippen LogP contribution in [0.15, 0.2) is 23.1 Å². The lowest BCUT2D eigenvalue weighted by Gasteiger charge is -2.19. The maximum absolute atomic E-state index is 13.2. The molecule has 0 aliphatic carbocycles. The Morgan fingerprint density at radius 3 is 2.58 bits per heavy atom. The van der Waals surface area contributed by atoms with Crippen LogP contribution in [0.4, 0.5) is 0 Å². The van der Waals surface area contributed by atoms with E-state index in [0.717, 1.165) is 17.7 Å². The molecule has 2 aliphatic heterocycles. The standard InChI is InChI=1S/C20H27N3O6S2/c1-14-18(15(2)23(21-14)16-7-10-30(24,25)13-16)12-22(3)31(26,27)17-5-6-19-20(11-17)29-9-4-8-28-19/h5-6,11,16H,4,7-10,12-13H2,1-3H3/t16-/m0/s1. The molecule has 0 unspecified atom stereocenters. The average Bonchev–Trinajstić information content (AvgIpc) is 3.09. The summed E-state index contributed by atoms with van der Waals surface area (Å²) >= 11 is 0. The van der Waals surface area contributed by atoms with Crippen LogP contribution in [0.5, 0.6) is 11.5 Å². The number of aromatic nitrogens is 2. The second-order valence-electron chi connectivity index (χ2n) is 8.07. The minimum Gasteiger partial charge on any atom is -0.490 e. The average molecular weight is 470 g/mol. The first kappa shape index (κ1) is 22.1.